The lowest BCUT2D eigenvalue weighted by Gasteiger charge is -2.18. The van der Waals surface area contributed by atoms with Gasteiger partial charge < -0.3 is 18.9 Å². The molecule has 0 saturated carbocycles. The van der Waals surface area contributed by atoms with Gasteiger partial charge in [0.25, 0.3) is 0 Å². The van der Waals surface area contributed by atoms with Gasteiger partial charge in [0.15, 0.2) is 5.75 Å². The maximum Gasteiger partial charge on any atom is 0.513 e. The van der Waals surface area contributed by atoms with Crippen LogP contribution in [0, 0.1) is 13.8 Å². The number of benzene rings is 3. The Morgan fingerprint density at radius 2 is 1.38 bits per heavy atom. The van der Waals surface area contributed by atoms with Gasteiger partial charge in [0, 0.05) is 21.5 Å². The highest BCUT2D eigenvalue weighted by Crippen LogP contribution is 2.44. The van der Waals surface area contributed by atoms with E-state index in [1.165, 1.54) is 0 Å². The molecule has 3 aromatic rings. The number of unbranched alkanes of at least 4 members (excludes halogenated alkanes) is 2. The molecule has 0 bridgehead atoms. The van der Waals surface area contributed by atoms with E-state index in [9.17, 15) is 9.59 Å². The second-order valence-corrected chi connectivity index (χ2v) is 7.81. The molecule has 0 aliphatic carbocycles. The monoisotopic (exact) mass is 438 g/mol. The van der Waals surface area contributed by atoms with Crippen molar-refractivity contribution in [2.75, 3.05) is 13.2 Å². The molecule has 0 atom stereocenters. The third-order valence-electron chi connectivity index (χ3n) is 5.22. The minimum atomic E-state index is -0.753. The van der Waals surface area contributed by atoms with Gasteiger partial charge in [0.05, 0.1) is 13.2 Å². The highest BCUT2D eigenvalue weighted by molar-refractivity contribution is 6.13. The molecular weight excluding hydrogens is 408 g/mol. The molecule has 6 heteroatoms. The molecule has 0 aromatic heterocycles. The lowest BCUT2D eigenvalue weighted by Crippen LogP contribution is -2.14. The van der Waals surface area contributed by atoms with Gasteiger partial charge in [-0.3, -0.25) is 0 Å². The van der Waals surface area contributed by atoms with E-state index in [2.05, 4.69) is 0 Å². The number of carbonyl (C=O) groups is 2. The Hall–Kier alpha value is -3.28. The first-order valence-corrected chi connectivity index (χ1v) is 11.1. The first-order valence-electron chi connectivity index (χ1n) is 11.1. The summed E-state index contributed by atoms with van der Waals surface area (Å²) in [6.07, 6.45) is 1.86. The van der Waals surface area contributed by atoms with Gasteiger partial charge in [-0.25, -0.2) is 9.59 Å². The Morgan fingerprint density at radius 3 is 2.00 bits per heavy atom. The maximum absolute atomic E-state index is 12.4. The van der Waals surface area contributed by atoms with E-state index < -0.39 is 12.3 Å². The third kappa shape index (κ3) is 5.31. The van der Waals surface area contributed by atoms with Gasteiger partial charge in [-0.1, -0.05) is 62.6 Å². The van der Waals surface area contributed by atoms with Crippen molar-refractivity contribution in [2.45, 2.75) is 53.4 Å². The molecule has 6 nitrogen and oxygen atoms in total. The van der Waals surface area contributed by atoms with Crippen molar-refractivity contribution >= 4 is 33.9 Å². The van der Waals surface area contributed by atoms with Gasteiger partial charge in [0.2, 0.25) is 0 Å². The summed E-state index contributed by atoms with van der Waals surface area (Å²) in [6.45, 7) is 8.51. The van der Waals surface area contributed by atoms with Crippen molar-refractivity contribution in [1.82, 2.24) is 0 Å². The molecule has 0 aliphatic rings. The number of aryl methyl sites for hydroxylation is 2. The number of hydrogen-bond acceptors (Lipinski definition) is 6. The van der Waals surface area contributed by atoms with Crippen LogP contribution in [0.3, 0.4) is 0 Å². The van der Waals surface area contributed by atoms with Crippen LogP contribution in [0.25, 0.3) is 21.5 Å². The van der Waals surface area contributed by atoms with Gasteiger partial charge in [-0.05, 0) is 38.3 Å². The molecular formula is C26H30O6. The van der Waals surface area contributed by atoms with Crippen LogP contribution in [0.5, 0.6) is 11.5 Å². The Kier molecular flexibility index (Phi) is 7.92. The third-order valence-corrected chi connectivity index (χ3v) is 5.22. The van der Waals surface area contributed by atoms with Crippen molar-refractivity contribution in [3.05, 3.63) is 47.5 Å². The average molecular weight is 439 g/mol. The second kappa shape index (κ2) is 10.8. The second-order valence-electron chi connectivity index (χ2n) is 7.81. The van der Waals surface area contributed by atoms with Crippen molar-refractivity contribution in [1.29, 1.82) is 0 Å². The van der Waals surface area contributed by atoms with E-state index in [0.717, 1.165) is 36.8 Å². The van der Waals surface area contributed by atoms with Crippen molar-refractivity contribution in [2.24, 2.45) is 0 Å². The zero-order valence-electron chi connectivity index (χ0n) is 19.2. The fourth-order valence-electron chi connectivity index (χ4n) is 3.52. The van der Waals surface area contributed by atoms with Gasteiger partial charge >= 0.3 is 12.3 Å². The van der Waals surface area contributed by atoms with Crippen LogP contribution in [0.15, 0.2) is 36.4 Å². The number of ether oxygens (including phenoxy) is 4. The number of hydrogen-bond donors (Lipinski definition) is 0. The molecule has 0 aliphatic heterocycles. The summed E-state index contributed by atoms with van der Waals surface area (Å²) in [5, 5.41) is 2.66. The molecule has 0 fully saturated rings. The zero-order valence-corrected chi connectivity index (χ0v) is 19.2. The predicted octanol–water partition coefficient (Wildman–Crippen LogP) is 7.24. The van der Waals surface area contributed by atoms with Crippen LogP contribution < -0.4 is 9.47 Å². The highest BCUT2D eigenvalue weighted by atomic mass is 16.7. The SMILES string of the molecule is CCCCOC(=O)Oc1c2cc(C)ccc2c(OC(=O)OCCCC)c2c(C)cccc12. The fourth-order valence-corrected chi connectivity index (χ4v) is 3.52. The maximum atomic E-state index is 12.4. The number of rotatable bonds is 8. The molecule has 170 valence electrons. The van der Waals surface area contributed by atoms with E-state index in [1.807, 2.05) is 64.1 Å². The van der Waals surface area contributed by atoms with E-state index in [-0.39, 0.29) is 0 Å². The highest BCUT2D eigenvalue weighted by Gasteiger charge is 2.22. The molecule has 3 aromatic carbocycles. The zero-order chi connectivity index (χ0) is 23.1. The molecule has 0 heterocycles. The van der Waals surface area contributed by atoms with Gasteiger partial charge in [-0.15, -0.1) is 0 Å². The summed E-state index contributed by atoms with van der Waals surface area (Å²) in [7, 11) is 0. The summed E-state index contributed by atoms with van der Waals surface area (Å²) in [6, 6.07) is 11.3. The Labute approximate surface area is 188 Å². The quantitative estimate of drug-likeness (QED) is 0.160. The van der Waals surface area contributed by atoms with E-state index in [4.69, 9.17) is 18.9 Å². The lowest BCUT2D eigenvalue weighted by molar-refractivity contribution is 0.0970. The van der Waals surface area contributed by atoms with Crippen LogP contribution in [-0.4, -0.2) is 25.5 Å². The van der Waals surface area contributed by atoms with Crippen LogP contribution in [0.1, 0.15) is 50.7 Å². The molecule has 32 heavy (non-hydrogen) atoms. The van der Waals surface area contributed by atoms with Crippen molar-refractivity contribution in [3.63, 3.8) is 0 Å². The first kappa shape index (κ1) is 23.4. The van der Waals surface area contributed by atoms with Crippen molar-refractivity contribution < 1.29 is 28.5 Å². The molecule has 0 saturated heterocycles. The standard InChI is InChI=1S/C26H30O6/c1-5-7-14-29-25(27)31-23-20-11-9-10-18(4)22(20)24(32-26(28)30-15-8-6-2)19-13-12-17(3)16-21(19)23/h9-13,16H,5-8,14-15H2,1-4H3. The largest absolute Gasteiger partial charge is 0.513 e. The van der Waals surface area contributed by atoms with Crippen LogP contribution in [-0.2, 0) is 9.47 Å². The lowest BCUT2D eigenvalue weighted by atomic mass is 9.96. The smallest absolute Gasteiger partial charge is 0.434 e. The fraction of sp³-hybridized carbons (Fsp3) is 0.385. The molecule has 3 rings (SSSR count). The Bertz CT molecular complexity index is 1110. The molecule has 0 radical (unpaired) electrons. The van der Waals surface area contributed by atoms with Gasteiger partial charge in [0.1, 0.15) is 5.75 Å². The summed E-state index contributed by atoms with van der Waals surface area (Å²) in [5.41, 5.74) is 1.86. The predicted molar refractivity (Wildman–Crippen MR) is 125 cm³/mol. The topological polar surface area (TPSA) is 71.1 Å². The first-order chi connectivity index (χ1) is 15.5. The summed E-state index contributed by atoms with van der Waals surface area (Å²) >= 11 is 0. The molecule has 0 spiro atoms. The molecule has 0 unspecified atom stereocenters. The molecule has 0 amide bonds. The van der Waals surface area contributed by atoms with Crippen LogP contribution >= 0.6 is 0 Å². The summed E-state index contributed by atoms with van der Waals surface area (Å²) in [4.78, 5) is 24.8. The van der Waals surface area contributed by atoms with Gasteiger partial charge in [-0.2, -0.15) is 0 Å². The van der Waals surface area contributed by atoms with Crippen molar-refractivity contribution in [3.8, 4) is 11.5 Å². The van der Waals surface area contributed by atoms with E-state index >= 15 is 0 Å². The van der Waals surface area contributed by atoms with E-state index in [0.29, 0.717) is 46.3 Å². The summed E-state index contributed by atoms with van der Waals surface area (Å²) < 4.78 is 21.9. The van der Waals surface area contributed by atoms with Crippen LogP contribution in [0.4, 0.5) is 9.59 Å². The minimum absolute atomic E-state index is 0.300. The average Bonchev–Trinajstić information content (AvgIpc) is 2.76. The Balaban J connectivity index is 2.13. The van der Waals surface area contributed by atoms with E-state index in [1.54, 1.807) is 0 Å². The normalized spacial score (nSPS) is 10.9. The number of carbonyl (C=O) groups excluding carboxylic acids is 2. The number of fused-ring (bicyclic) bond motifs is 2. The minimum Gasteiger partial charge on any atom is -0.434 e. The summed E-state index contributed by atoms with van der Waals surface area (Å²) in [5.74, 6) is 0.775. The Morgan fingerprint density at radius 1 is 0.750 bits per heavy atom. The molecule has 0 N–H and O–H groups in total. The van der Waals surface area contributed by atoms with Crippen LogP contribution in [0.2, 0.25) is 0 Å².